The number of rotatable bonds is 7. The van der Waals surface area contributed by atoms with Gasteiger partial charge in [-0.3, -0.25) is 0 Å². The molecule has 0 atom stereocenters. The average Bonchev–Trinajstić information content (AvgIpc) is 2.87. The van der Waals surface area contributed by atoms with E-state index in [0.29, 0.717) is 0 Å². The Morgan fingerprint density at radius 1 is 1.21 bits per heavy atom. The maximum atomic E-state index is 5.69. The number of thiophene rings is 1. The van der Waals surface area contributed by atoms with Crippen LogP contribution in [0.1, 0.15) is 25.0 Å². The van der Waals surface area contributed by atoms with E-state index in [1.54, 1.807) is 11.3 Å². The van der Waals surface area contributed by atoms with Crippen molar-refractivity contribution in [3.05, 3.63) is 52.2 Å². The summed E-state index contributed by atoms with van der Waals surface area (Å²) in [7, 11) is 0. The van der Waals surface area contributed by atoms with Crippen LogP contribution in [0.25, 0.3) is 0 Å². The highest BCUT2D eigenvalue weighted by atomic mass is 32.1. The third-order valence-corrected chi connectivity index (χ3v) is 3.50. The maximum Gasteiger partial charge on any atom is 0.120 e. The van der Waals surface area contributed by atoms with Gasteiger partial charge < -0.3 is 10.1 Å². The number of hydrogen-bond acceptors (Lipinski definition) is 3. The van der Waals surface area contributed by atoms with E-state index in [2.05, 4.69) is 34.3 Å². The molecule has 0 aliphatic heterocycles. The van der Waals surface area contributed by atoms with Crippen molar-refractivity contribution in [3.8, 4) is 5.75 Å². The molecule has 2 rings (SSSR count). The number of ether oxygens (including phenoxy) is 1. The van der Waals surface area contributed by atoms with Gasteiger partial charge in [-0.05, 0) is 66.9 Å². The number of hydrogen-bond donors (Lipinski definition) is 1. The third kappa shape index (κ3) is 5.05. The second-order valence-electron chi connectivity index (χ2n) is 4.87. The molecule has 1 N–H and O–H groups in total. The second kappa shape index (κ2) is 7.31. The highest BCUT2D eigenvalue weighted by Gasteiger charge is 1.99. The lowest BCUT2D eigenvalue weighted by molar-refractivity contribution is 0.242. The van der Waals surface area contributed by atoms with Crippen molar-refractivity contribution >= 4 is 11.3 Å². The van der Waals surface area contributed by atoms with Gasteiger partial charge in [-0.2, -0.15) is 11.3 Å². The summed E-state index contributed by atoms with van der Waals surface area (Å²) in [4.78, 5) is 0. The van der Waals surface area contributed by atoms with Crippen molar-refractivity contribution in [3.63, 3.8) is 0 Å². The van der Waals surface area contributed by atoms with Gasteiger partial charge in [-0.1, -0.05) is 12.1 Å². The minimum Gasteiger partial charge on any atom is -0.491 e. The van der Waals surface area contributed by atoms with Gasteiger partial charge in [0.25, 0.3) is 0 Å². The largest absolute Gasteiger partial charge is 0.491 e. The zero-order chi connectivity index (χ0) is 13.5. The van der Waals surface area contributed by atoms with Crippen LogP contribution in [0.3, 0.4) is 0 Å². The second-order valence-corrected chi connectivity index (χ2v) is 5.65. The molecule has 0 aliphatic carbocycles. The van der Waals surface area contributed by atoms with Gasteiger partial charge in [-0.15, -0.1) is 0 Å². The fourth-order valence-electron chi connectivity index (χ4n) is 1.90. The molecule has 0 amide bonds. The highest BCUT2D eigenvalue weighted by molar-refractivity contribution is 7.07. The topological polar surface area (TPSA) is 21.3 Å². The molecular formula is C16H21NOS. The van der Waals surface area contributed by atoms with Crippen LogP contribution in [-0.2, 0) is 13.0 Å². The molecule has 0 fully saturated rings. The Balaban J connectivity index is 1.76. The molecule has 2 nitrogen and oxygen atoms in total. The van der Waals surface area contributed by atoms with Crippen LogP contribution in [0.2, 0.25) is 0 Å². The van der Waals surface area contributed by atoms with Gasteiger partial charge in [0, 0.05) is 6.54 Å². The Kier molecular flexibility index (Phi) is 5.43. The van der Waals surface area contributed by atoms with Crippen molar-refractivity contribution in [1.29, 1.82) is 0 Å². The molecule has 1 heterocycles. The summed E-state index contributed by atoms with van der Waals surface area (Å²) in [6, 6.07) is 10.5. The van der Waals surface area contributed by atoms with Crippen LogP contribution in [0.5, 0.6) is 5.75 Å². The van der Waals surface area contributed by atoms with Crippen molar-refractivity contribution in [2.75, 3.05) is 6.54 Å². The van der Waals surface area contributed by atoms with E-state index in [0.717, 1.165) is 25.3 Å². The first-order valence-electron chi connectivity index (χ1n) is 6.71. The average molecular weight is 275 g/mol. The third-order valence-electron chi connectivity index (χ3n) is 2.77. The van der Waals surface area contributed by atoms with Crippen molar-refractivity contribution in [1.82, 2.24) is 5.32 Å². The van der Waals surface area contributed by atoms with E-state index in [4.69, 9.17) is 4.74 Å². The van der Waals surface area contributed by atoms with E-state index in [1.165, 1.54) is 11.1 Å². The zero-order valence-electron chi connectivity index (χ0n) is 11.6. The molecule has 1 aromatic carbocycles. The van der Waals surface area contributed by atoms with E-state index >= 15 is 0 Å². The fraction of sp³-hybridized carbons (Fsp3) is 0.375. The quantitative estimate of drug-likeness (QED) is 0.775. The Hall–Kier alpha value is -1.32. The molecular weight excluding hydrogens is 254 g/mol. The minimum absolute atomic E-state index is 0.224. The number of nitrogens with one attached hydrogen (secondary N) is 1. The van der Waals surface area contributed by atoms with Crippen molar-refractivity contribution in [2.45, 2.75) is 32.9 Å². The minimum atomic E-state index is 0.224. The van der Waals surface area contributed by atoms with Crippen molar-refractivity contribution in [2.24, 2.45) is 0 Å². The van der Waals surface area contributed by atoms with Gasteiger partial charge in [0.05, 0.1) is 6.10 Å². The fourth-order valence-corrected chi connectivity index (χ4v) is 2.60. The van der Waals surface area contributed by atoms with E-state index in [9.17, 15) is 0 Å². The summed E-state index contributed by atoms with van der Waals surface area (Å²) in [6.45, 7) is 5.99. The molecule has 102 valence electrons. The summed E-state index contributed by atoms with van der Waals surface area (Å²) >= 11 is 1.76. The smallest absolute Gasteiger partial charge is 0.120 e. The predicted molar refractivity (Wildman–Crippen MR) is 81.9 cm³/mol. The molecule has 19 heavy (non-hydrogen) atoms. The van der Waals surface area contributed by atoms with Crippen LogP contribution in [0, 0.1) is 0 Å². The van der Waals surface area contributed by atoms with Crippen LogP contribution in [0.4, 0.5) is 0 Å². The van der Waals surface area contributed by atoms with Gasteiger partial charge in [0.1, 0.15) is 5.75 Å². The molecule has 0 spiro atoms. The zero-order valence-corrected chi connectivity index (χ0v) is 12.4. The van der Waals surface area contributed by atoms with Crippen LogP contribution in [0.15, 0.2) is 41.1 Å². The van der Waals surface area contributed by atoms with Crippen LogP contribution in [-0.4, -0.2) is 12.6 Å². The van der Waals surface area contributed by atoms with Crippen LogP contribution >= 0.6 is 11.3 Å². The molecule has 0 aliphatic rings. The monoisotopic (exact) mass is 275 g/mol. The number of benzene rings is 1. The van der Waals surface area contributed by atoms with E-state index in [-0.39, 0.29) is 6.10 Å². The lowest BCUT2D eigenvalue weighted by Crippen LogP contribution is -2.16. The first-order chi connectivity index (χ1) is 9.24. The van der Waals surface area contributed by atoms with Crippen molar-refractivity contribution < 1.29 is 4.74 Å². The summed E-state index contributed by atoms with van der Waals surface area (Å²) in [5, 5.41) is 7.80. The van der Waals surface area contributed by atoms with Gasteiger partial charge in [0.2, 0.25) is 0 Å². The molecule has 0 bridgehead atoms. The summed E-state index contributed by atoms with van der Waals surface area (Å²) in [5.41, 5.74) is 2.68. The molecule has 2 aromatic rings. The Morgan fingerprint density at radius 3 is 2.84 bits per heavy atom. The summed E-state index contributed by atoms with van der Waals surface area (Å²) in [6.07, 6.45) is 1.31. The molecule has 0 radical (unpaired) electrons. The van der Waals surface area contributed by atoms with Crippen LogP contribution < -0.4 is 10.1 Å². The molecule has 0 saturated heterocycles. The van der Waals surface area contributed by atoms with Gasteiger partial charge in [0.15, 0.2) is 0 Å². The normalized spacial score (nSPS) is 10.9. The maximum absolute atomic E-state index is 5.69. The Morgan fingerprint density at radius 2 is 2.11 bits per heavy atom. The van der Waals surface area contributed by atoms with Gasteiger partial charge >= 0.3 is 0 Å². The first-order valence-corrected chi connectivity index (χ1v) is 7.66. The molecule has 0 saturated carbocycles. The SMILES string of the molecule is CC(C)Oc1cccc(CNCCc2ccsc2)c1. The highest BCUT2D eigenvalue weighted by Crippen LogP contribution is 2.14. The van der Waals surface area contributed by atoms with Gasteiger partial charge in [-0.25, -0.2) is 0 Å². The van der Waals surface area contributed by atoms with E-state index < -0.39 is 0 Å². The Bertz CT molecular complexity index is 479. The Labute approximate surface area is 119 Å². The molecule has 0 unspecified atom stereocenters. The summed E-state index contributed by atoms with van der Waals surface area (Å²) < 4.78 is 5.69. The first kappa shape index (κ1) is 14.1. The predicted octanol–water partition coefficient (Wildman–Crippen LogP) is 3.87. The lowest BCUT2D eigenvalue weighted by atomic mass is 10.2. The lowest BCUT2D eigenvalue weighted by Gasteiger charge is -2.11. The molecule has 1 aromatic heterocycles. The summed E-state index contributed by atoms with van der Waals surface area (Å²) in [5.74, 6) is 0.951. The van der Waals surface area contributed by atoms with E-state index in [1.807, 2.05) is 26.0 Å². The molecule has 3 heteroatoms. The standard InChI is InChI=1S/C16H21NOS/c1-13(2)18-16-5-3-4-15(10-16)11-17-8-6-14-7-9-19-12-14/h3-5,7,9-10,12-13,17H,6,8,11H2,1-2H3.